The van der Waals surface area contributed by atoms with Crippen molar-refractivity contribution in [2.24, 2.45) is 11.8 Å². The molecule has 0 spiro atoms. The molecule has 2 heteroatoms. The Morgan fingerprint density at radius 2 is 0.895 bits per heavy atom. The summed E-state index contributed by atoms with van der Waals surface area (Å²) in [4.78, 5) is 0. The minimum Gasteiger partial charge on any atom is -0.174 e. The van der Waals surface area contributed by atoms with Crippen molar-refractivity contribution >= 4 is 0 Å². The van der Waals surface area contributed by atoms with E-state index in [0.29, 0.717) is 24.2 Å². The summed E-state index contributed by atoms with van der Waals surface area (Å²) in [6.07, 6.45) is 9.79. The predicted octanol–water partition coefficient (Wildman–Crippen LogP) is 11.6. The van der Waals surface area contributed by atoms with Gasteiger partial charge in [0.2, 0.25) is 0 Å². The van der Waals surface area contributed by atoms with E-state index in [9.17, 15) is 8.78 Å². The first-order valence-corrected chi connectivity index (χ1v) is 15.2. The lowest BCUT2D eigenvalue weighted by atomic mass is 9.71. The van der Waals surface area contributed by atoms with E-state index in [0.717, 1.165) is 37.7 Å². The summed E-state index contributed by atoms with van der Waals surface area (Å²) in [6, 6.07) is 0. The van der Waals surface area contributed by atoms with E-state index < -0.39 is 6.08 Å². The van der Waals surface area contributed by atoms with Crippen LogP contribution in [0, 0.1) is 67.2 Å². The highest BCUT2D eigenvalue weighted by molar-refractivity contribution is 5.82. The monoisotopic (exact) mass is 520 g/mol. The molecule has 0 saturated heterocycles. The van der Waals surface area contributed by atoms with Crippen LogP contribution in [0.15, 0.2) is 12.2 Å². The number of halogens is 2. The van der Waals surface area contributed by atoms with Crippen LogP contribution in [0.5, 0.6) is 0 Å². The van der Waals surface area contributed by atoms with Crippen LogP contribution in [0.25, 0.3) is 11.1 Å². The van der Waals surface area contributed by atoms with Crippen molar-refractivity contribution in [3.63, 3.8) is 0 Å². The molecule has 2 aromatic carbocycles. The maximum atomic E-state index is 12.6. The zero-order valence-corrected chi connectivity index (χ0v) is 25.5. The molecule has 0 amide bonds. The third kappa shape index (κ3) is 5.39. The summed E-state index contributed by atoms with van der Waals surface area (Å²) in [5.41, 5.74) is 17.8. The number of hydrogen-bond donors (Lipinski definition) is 0. The lowest BCUT2D eigenvalue weighted by Gasteiger charge is -2.34. The van der Waals surface area contributed by atoms with E-state index in [1.807, 2.05) is 0 Å². The van der Waals surface area contributed by atoms with Crippen LogP contribution in [0.4, 0.5) is 8.78 Å². The van der Waals surface area contributed by atoms with E-state index >= 15 is 0 Å². The van der Waals surface area contributed by atoms with E-state index in [1.54, 1.807) is 5.56 Å². The molecule has 2 saturated carbocycles. The average Bonchev–Trinajstić information content (AvgIpc) is 2.89. The fourth-order valence-electron chi connectivity index (χ4n) is 8.15. The Morgan fingerprint density at radius 1 is 0.553 bits per heavy atom. The molecule has 2 aliphatic carbocycles. The molecule has 0 heterocycles. The van der Waals surface area contributed by atoms with Gasteiger partial charge in [0.1, 0.15) is 0 Å². The summed E-state index contributed by atoms with van der Waals surface area (Å²) in [7, 11) is 0. The van der Waals surface area contributed by atoms with Crippen molar-refractivity contribution in [2.45, 2.75) is 132 Å². The minimum absolute atomic E-state index is 0.400. The molecule has 2 aromatic rings. The van der Waals surface area contributed by atoms with Gasteiger partial charge in [-0.1, -0.05) is 19.8 Å². The molecular formula is C36H50F2. The molecule has 4 rings (SSSR count). The molecule has 208 valence electrons. The second kappa shape index (κ2) is 11.6. The number of rotatable bonds is 5. The Morgan fingerprint density at radius 3 is 1.24 bits per heavy atom. The smallest absolute Gasteiger partial charge is 0.174 e. The Hall–Kier alpha value is -1.96. The van der Waals surface area contributed by atoms with Gasteiger partial charge in [0.25, 0.3) is 6.08 Å². The van der Waals surface area contributed by atoms with Crippen LogP contribution in [-0.4, -0.2) is 0 Å². The summed E-state index contributed by atoms with van der Waals surface area (Å²) in [6.45, 7) is 21.2. The van der Waals surface area contributed by atoms with E-state index in [4.69, 9.17) is 0 Å². The van der Waals surface area contributed by atoms with Gasteiger partial charge in [0.15, 0.2) is 0 Å². The van der Waals surface area contributed by atoms with Crippen molar-refractivity contribution in [3.05, 3.63) is 67.8 Å². The lowest BCUT2D eigenvalue weighted by molar-refractivity contribution is 0.321. The summed E-state index contributed by atoms with van der Waals surface area (Å²) in [5, 5.41) is 0. The third-order valence-electron chi connectivity index (χ3n) is 10.9. The first-order chi connectivity index (χ1) is 17.9. The number of allylic oxidation sites excluding steroid dienone is 1. The third-order valence-corrected chi connectivity index (χ3v) is 10.9. The van der Waals surface area contributed by atoms with E-state index in [2.05, 4.69) is 62.3 Å². The quantitative estimate of drug-likeness (QED) is 0.368. The molecular weight excluding hydrogens is 470 g/mol. The highest BCUT2D eigenvalue weighted by Gasteiger charge is 2.30. The van der Waals surface area contributed by atoms with E-state index in [1.165, 1.54) is 86.9 Å². The maximum Gasteiger partial charge on any atom is 0.266 e. The van der Waals surface area contributed by atoms with Crippen molar-refractivity contribution in [1.29, 1.82) is 0 Å². The standard InChI is InChI=1S/C36H50F2/c1-20-10-15-30(16-11-20)33-21(2)25(6)35(26(7)22(33)3)36-27(8)23(4)34(24(5)28(36)9)31-17-12-29(13-18-31)14-19-32(37)38/h19-20,29-31H,10-18H2,1-9H3. The van der Waals surface area contributed by atoms with Crippen LogP contribution in [-0.2, 0) is 0 Å². The van der Waals surface area contributed by atoms with Gasteiger partial charge in [-0.25, -0.2) is 0 Å². The molecule has 0 atom stereocenters. The van der Waals surface area contributed by atoms with Crippen LogP contribution in [0.2, 0.25) is 0 Å². The van der Waals surface area contributed by atoms with Gasteiger partial charge in [0.05, 0.1) is 0 Å². The zero-order chi connectivity index (χ0) is 27.9. The molecule has 0 aliphatic heterocycles. The van der Waals surface area contributed by atoms with Crippen LogP contribution >= 0.6 is 0 Å². The van der Waals surface area contributed by atoms with Crippen molar-refractivity contribution < 1.29 is 8.78 Å². The van der Waals surface area contributed by atoms with Gasteiger partial charge in [-0.3, -0.25) is 0 Å². The Balaban J connectivity index is 1.73. The first-order valence-electron chi connectivity index (χ1n) is 15.2. The zero-order valence-electron chi connectivity index (χ0n) is 25.5. The molecule has 0 aromatic heterocycles. The Kier molecular flexibility index (Phi) is 8.90. The maximum absolute atomic E-state index is 12.6. The molecule has 38 heavy (non-hydrogen) atoms. The van der Waals surface area contributed by atoms with Gasteiger partial charge in [-0.15, -0.1) is 0 Å². The SMILES string of the molecule is Cc1c(C)c(C2CCC(C)CC2)c(C)c(C)c1-c1c(C)c(C)c(C2CCC(CC=C(F)F)CC2)c(C)c1C. The van der Waals surface area contributed by atoms with E-state index in [-0.39, 0.29) is 0 Å². The molecule has 0 radical (unpaired) electrons. The number of benzene rings is 2. The Labute approximate surface area is 231 Å². The molecule has 0 unspecified atom stereocenters. The van der Waals surface area contributed by atoms with Crippen LogP contribution < -0.4 is 0 Å². The highest BCUT2D eigenvalue weighted by Crippen LogP contribution is 2.47. The molecule has 2 fully saturated rings. The van der Waals surface area contributed by atoms with Gasteiger partial charge in [-0.2, -0.15) is 8.78 Å². The summed E-state index contributed by atoms with van der Waals surface area (Å²) >= 11 is 0. The fraction of sp³-hybridized carbons (Fsp3) is 0.611. The number of hydrogen-bond acceptors (Lipinski definition) is 0. The van der Waals surface area contributed by atoms with Crippen molar-refractivity contribution in [1.82, 2.24) is 0 Å². The fourth-order valence-corrected chi connectivity index (χ4v) is 8.15. The summed E-state index contributed by atoms with van der Waals surface area (Å²) in [5.74, 6) is 2.52. The van der Waals surface area contributed by atoms with Gasteiger partial charge >= 0.3 is 0 Å². The lowest BCUT2D eigenvalue weighted by Crippen LogP contribution is -2.17. The van der Waals surface area contributed by atoms with Crippen molar-refractivity contribution in [2.75, 3.05) is 0 Å². The minimum atomic E-state index is -1.53. The Bertz CT molecular complexity index is 1150. The second-order valence-corrected chi connectivity index (χ2v) is 13.0. The van der Waals surface area contributed by atoms with Gasteiger partial charge < -0.3 is 0 Å². The predicted molar refractivity (Wildman–Crippen MR) is 160 cm³/mol. The molecule has 2 aliphatic rings. The topological polar surface area (TPSA) is 0 Å². The second-order valence-electron chi connectivity index (χ2n) is 13.0. The molecule has 0 bridgehead atoms. The van der Waals surface area contributed by atoms with Gasteiger partial charge in [0, 0.05) is 0 Å². The normalized spacial score (nSPS) is 24.0. The van der Waals surface area contributed by atoms with Crippen LogP contribution in [0.3, 0.4) is 0 Å². The molecule has 0 N–H and O–H groups in total. The van der Waals surface area contributed by atoms with Gasteiger partial charge in [-0.05, 0) is 197 Å². The summed E-state index contributed by atoms with van der Waals surface area (Å²) < 4.78 is 25.2. The highest BCUT2D eigenvalue weighted by atomic mass is 19.3. The molecule has 0 nitrogen and oxygen atoms in total. The average molecular weight is 521 g/mol. The van der Waals surface area contributed by atoms with Crippen molar-refractivity contribution in [3.8, 4) is 11.1 Å². The largest absolute Gasteiger partial charge is 0.266 e. The first kappa shape index (κ1) is 29.0. The van der Waals surface area contributed by atoms with Crippen LogP contribution in [0.1, 0.15) is 132 Å².